The van der Waals surface area contributed by atoms with Crippen molar-refractivity contribution in [3.05, 3.63) is 28.3 Å². The Morgan fingerprint density at radius 1 is 1.40 bits per heavy atom. The molecule has 6 heteroatoms. The molecule has 6 nitrogen and oxygen atoms in total. The van der Waals surface area contributed by atoms with E-state index in [2.05, 4.69) is 10.2 Å². The first kappa shape index (κ1) is 14.6. The third-order valence-corrected chi connectivity index (χ3v) is 3.57. The standard InChI is InChI=1S/C14H21N3O3/c1-20-13-7-4-6-12(14(13)17(18)19)15-8-5-11-16-9-2-3-10-16/h4,6-7,15H,2-3,5,8-11H2,1H3. The van der Waals surface area contributed by atoms with Gasteiger partial charge in [-0.3, -0.25) is 10.1 Å². The van der Waals surface area contributed by atoms with Crippen LogP contribution in [0, 0.1) is 10.1 Å². The predicted octanol–water partition coefficient (Wildman–Crippen LogP) is 2.50. The SMILES string of the molecule is COc1cccc(NCCCN2CCCC2)c1[N+](=O)[O-]. The summed E-state index contributed by atoms with van der Waals surface area (Å²) < 4.78 is 5.04. The van der Waals surface area contributed by atoms with Gasteiger partial charge >= 0.3 is 5.69 Å². The molecule has 0 aliphatic carbocycles. The van der Waals surface area contributed by atoms with E-state index >= 15 is 0 Å². The van der Waals surface area contributed by atoms with Crippen LogP contribution < -0.4 is 10.1 Å². The normalized spacial score (nSPS) is 15.2. The number of nitrogens with zero attached hydrogens (tertiary/aromatic N) is 2. The van der Waals surface area contributed by atoms with Gasteiger partial charge in [-0.2, -0.15) is 0 Å². The first-order chi connectivity index (χ1) is 9.72. The Kier molecular flexibility index (Phi) is 5.17. The summed E-state index contributed by atoms with van der Waals surface area (Å²) in [5.74, 6) is 0.291. The zero-order valence-electron chi connectivity index (χ0n) is 11.8. The van der Waals surface area contributed by atoms with E-state index < -0.39 is 4.92 Å². The molecule has 0 amide bonds. The molecule has 1 N–H and O–H groups in total. The van der Waals surface area contributed by atoms with Crippen molar-refractivity contribution in [3.63, 3.8) is 0 Å². The van der Waals surface area contributed by atoms with Crippen molar-refractivity contribution < 1.29 is 9.66 Å². The second-order valence-electron chi connectivity index (χ2n) is 4.94. The molecule has 1 saturated heterocycles. The number of hydrogen-bond acceptors (Lipinski definition) is 5. The van der Waals surface area contributed by atoms with Crippen molar-refractivity contribution in [2.45, 2.75) is 19.3 Å². The molecule has 0 bridgehead atoms. The molecule has 1 aliphatic heterocycles. The molecule has 0 unspecified atom stereocenters. The minimum atomic E-state index is -0.401. The molecule has 1 fully saturated rings. The molecule has 0 spiro atoms. The first-order valence-electron chi connectivity index (χ1n) is 7.00. The largest absolute Gasteiger partial charge is 0.490 e. The third-order valence-electron chi connectivity index (χ3n) is 3.57. The van der Waals surface area contributed by atoms with Crippen molar-refractivity contribution >= 4 is 11.4 Å². The molecule has 110 valence electrons. The topological polar surface area (TPSA) is 67.6 Å². The van der Waals surface area contributed by atoms with Crippen LogP contribution in [-0.4, -0.2) is 43.1 Å². The van der Waals surface area contributed by atoms with Gasteiger partial charge < -0.3 is 15.0 Å². The van der Waals surface area contributed by atoms with E-state index in [-0.39, 0.29) is 5.69 Å². The fourth-order valence-electron chi connectivity index (χ4n) is 2.55. The van der Waals surface area contributed by atoms with Gasteiger partial charge in [-0.05, 0) is 51.0 Å². The Balaban J connectivity index is 1.89. The Morgan fingerprint density at radius 3 is 2.80 bits per heavy atom. The fourth-order valence-corrected chi connectivity index (χ4v) is 2.55. The number of anilines is 1. The highest BCUT2D eigenvalue weighted by atomic mass is 16.6. The summed E-state index contributed by atoms with van der Waals surface area (Å²) in [6.45, 7) is 4.13. The molecule has 1 aromatic rings. The highest BCUT2D eigenvalue weighted by molar-refractivity contribution is 5.68. The van der Waals surface area contributed by atoms with Crippen LogP contribution in [0.2, 0.25) is 0 Å². The molecule has 1 aromatic carbocycles. The monoisotopic (exact) mass is 279 g/mol. The zero-order valence-corrected chi connectivity index (χ0v) is 11.8. The average molecular weight is 279 g/mol. The lowest BCUT2D eigenvalue weighted by Gasteiger charge is -2.15. The number of benzene rings is 1. The van der Waals surface area contributed by atoms with E-state index in [9.17, 15) is 10.1 Å². The maximum atomic E-state index is 11.1. The molecular formula is C14H21N3O3. The molecule has 0 atom stereocenters. The number of nitro groups is 1. The number of nitrogens with one attached hydrogen (secondary N) is 1. The van der Waals surface area contributed by atoms with Crippen LogP contribution in [0.4, 0.5) is 11.4 Å². The molecular weight excluding hydrogens is 258 g/mol. The lowest BCUT2D eigenvalue weighted by Crippen LogP contribution is -2.22. The first-order valence-corrected chi connectivity index (χ1v) is 7.00. The van der Waals surface area contributed by atoms with Crippen LogP contribution in [0.3, 0.4) is 0 Å². The maximum Gasteiger partial charge on any atom is 0.333 e. The molecule has 1 aliphatic rings. The maximum absolute atomic E-state index is 11.1. The second kappa shape index (κ2) is 7.09. The summed E-state index contributed by atoms with van der Waals surface area (Å²) in [5.41, 5.74) is 0.534. The minimum absolute atomic E-state index is 0.0103. The van der Waals surface area contributed by atoms with E-state index in [1.807, 2.05) is 0 Å². The van der Waals surface area contributed by atoms with Crippen LogP contribution in [0.15, 0.2) is 18.2 Å². The molecule has 0 saturated carbocycles. The highest BCUT2D eigenvalue weighted by Gasteiger charge is 2.20. The fraction of sp³-hybridized carbons (Fsp3) is 0.571. The summed E-state index contributed by atoms with van der Waals surface area (Å²) in [6, 6.07) is 5.08. The molecule has 2 rings (SSSR count). The second-order valence-corrected chi connectivity index (χ2v) is 4.94. The summed E-state index contributed by atoms with van der Waals surface area (Å²) in [5, 5.41) is 14.3. The van der Waals surface area contributed by atoms with E-state index in [0.29, 0.717) is 11.4 Å². The van der Waals surface area contributed by atoms with Gasteiger partial charge in [0.1, 0.15) is 5.69 Å². The van der Waals surface area contributed by atoms with Crippen molar-refractivity contribution in [2.24, 2.45) is 0 Å². The van der Waals surface area contributed by atoms with Crippen LogP contribution in [-0.2, 0) is 0 Å². The summed E-state index contributed by atoms with van der Waals surface area (Å²) in [7, 11) is 1.44. The number of nitro benzene ring substituents is 1. The zero-order chi connectivity index (χ0) is 14.4. The van der Waals surface area contributed by atoms with Crippen molar-refractivity contribution in [3.8, 4) is 5.75 Å². The van der Waals surface area contributed by atoms with Gasteiger partial charge in [0.2, 0.25) is 0 Å². The van der Waals surface area contributed by atoms with Crippen molar-refractivity contribution in [2.75, 3.05) is 38.6 Å². The molecule has 0 radical (unpaired) electrons. The van der Waals surface area contributed by atoms with Crippen LogP contribution in [0.25, 0.3) is 0 Å². The highest BCUT2D eigenvalue weighted by Crippen LogP contribution is 2.34. The molecule has 0 aromatic heterocycles. The van der Waals surface area contributed by atoms with Gasteiger partial charge in [0, 0.05) is 6.54 Å². The number of ether oxygens (including phenoxy) is 1. The quantitative estimate of drug-likeness (QED) is 0.472. The number of rotatable bonds is 7. The Bertz CT molecular complexity index is 459. The van der Waals surface area contributed by atoms with Gasteiger partial charge in [0.15, 0.2) is 5.75 Å². The third kappa shape index (κ3) is 3.60. The smallest absolute Gasteiger partial charge is 0.333 e. The van der Waals surface area contributed by atoms with E-state index in [0.717, 1.165) is 19.5 Å². The van der Waals surface area contributed by atoms with E-state index in [4.69, 9.17) is 4.74 Å². The summed E-state index contributed by atoms with van der Waals surface area (Å²) in [6.07, 6.45) is 3.55. The summed E-state index contributed by atoms with van der Waals surface area (Å²) in [4.78, 5) is 13.2. The lowest BCUT2D eigenvalue weighted by atomic mass is 10.2. The molecule has 1 heterocycles. The number of likely N-dealkylation sites (tertiary alicyclic amines) is 1. The molecule has 20 heavy (non-hydrogen) atoms. The van der Waals surface area contributed by atoms with Crippen LogP contribution in [0.5, 0.6) is 5.75 Å². The number of para-hydroxylation sites is 1. The minimum Gasteiger partial charge on any atom is -0.490 e. The Hall–Kier alpha value is -1.82. The Morgan fingerprint density at radius 2 is 2.15 bits per heavy atom. The van der Waals surface area contributed by atoms with Gasteiger partial charge in [0.25, 0.3) is 0 Å². The number of hydrogen-bond donors (Lipinski definition) is 1. The van der Waals surface area contributed by atoms with Crippen LogP contribution in [0.1, 0.15) is 19.3 Å². The van der Waals surface area contributed by atoms with Crippen molar-refractivity contribution in [1.29, 1.82) is 0 Å². The Labute approximate surface area is 118 Å². The number of methoxy groups -OCH3 is 1. The van der Waals surface area contributed by atoms with Gasteiger partial charge in [0.05, 0.1) is 12.0 Å². The van der Waals surface area contributed by atoms with E-state index in [1.54, 1.807) is 18.2 Å². The average Bonchev–Trinajstić information content (AvgIpc) is 2.96. The predicted molar refractivity (Wildman–Crippen MR) is 78.4 cm³/mol. The van der Waals surface area contributed by atoms with Gasteiger partial charge in [-0.15, -0.1) is 0 Å². The van der Waals surface area contributed by atoms with Gasteiger partial charge in [-0.1, -0.05) is 6.07 Å². The lowest BCUT2D eigenvalue weighted by molar-refractivity contribution is -0.384. The summed E-state index contributed by atoms with van der Waals surface area (Å²) >= 11 is 0. The van der Waals surface area contributed by atoms with Crippen LogP contribution >= 0.6 is 0 Å². The van der Waals surface area contributed by atoms with E-state index in [1.165, 1.54) is 33.0 Å². The van der Waals surface area contributed by atoms with Gasteiger partial charge in [-0.25, -0.2) is 0 Å². The van der Waals surface area contributed by atoms with Crippen molar-refractivity contribution in [1.82, 2.24) is 4.90 Å².